The molecule has 2 amide bonds. The van der Waals surface area contributed by atoms with Gasteiger partial charge in [0.15, 0.2) is 11.6 Å². The predicted molar refractivity (Wildman–Crippen MR) is 109 cm³/mol. The first-order valence-electron chi connectivity index (χ1n) is 9.22. The second-order valence-electron chi connectivity index (χ2n) is 7.19. The molecule has 1 atom stereocenters. The third-order valence-electron chi connectivity index (χ3n) is 5.17. The van der Waals surface area contributed by atoms with E-state index in [1.165, 1.54) is 17.6 Å². The number of halogens is 2. The van der Waals surface area contributed by atoms with Crippen LogP contribution >= 0.6 is 0 Å². The Kier molecular flexibility index (Phi) is 6.46. The van der Waals surface area contributed by atoms with E-state index in [1.54, 1.807) is 27.8 Å². The predicted octanol–water partition coefficient (Wildman–Crippen LogP) is 3.27. The lowest BCUT2D eigenvalue weighted by Crippen LogP contribution is -2.47. The highest BCUT2D eigenvalue weighted by molar-refractivity contribution is 6.43. The Morgan fingerprint density at radius 1 is 1.20 bits per heavy atom. The maximum Gasteiger partial charge on any atom is 0.293 e. The average Bonchev–Trinajstić information content (AvgIpc) is 2.92. The average molecular weight is 415 g/mol. The van der Waals surface area contributed by atoms with E-state index in [9.17, 15) is 23.2 Å². The van der Waals surface area contributed by atoms with Gasteiger partial charge in [-0.25, -0.2) is 8.78 Å². The summed E-state index contributed by atoms with van der Waals surface area (Å²) < 4.78 is 28.0. The first kappa shape index (κ1) is 22.8. The molecule has 0 saturated carbocycles. The van der Waals surface area contributed by atoms with Crippen molar-refractivity contribution in [3.63, 3.8) is 0 Å². The van der Waals surface area contributed by atoms with Gasteiger partial charge in [-0.1, -0.05) is 12.8 Å². The number of carbonyl (C=O) groups is 3. The summed E-state index contributed by atoms with van der Waals surface area (Å²) >= 11 is 0. The SMILES string of the molecule is C#CC(C)(CC)NC(=O)C(=O)c1c(C)c(C(=O)Nc2ccc(F)c(F)c2)n(C)c1C. The Bertz CT molecular complexity index is 1080. The van der Waals surface area contributed by atoms with Gasteiger partial charge < -0.3 is 15.2 Å². The number of carbonyl (C=O) groups excluding carboxylic acids is 3. The molecule has 0 aliphatic carbocycles. The van der Waals surface area contributed by atoms with Crippen molar-refractivity contribution in [3.05, 3.63) is 52.3 Å². The third kappa shape index (κ3) is 4.25. The van der Waals surface area contributed by atoms with E-state index >= 15 is 0 Å². The number of amides is 2. The maximum atomic E-state index is 13.4. The number of hydrogen-bond acceptors (Lipinski definition) is 3. The molecular formula is C22H23F2N3O3. The Hall–Kier alpha value is -3.47. The molecule has 1 heterocycles. The number of nitrogens with one attached hydrogen (secondary N) is 2. The summed E-state index contributed by atoms with van der Waals surface area (Å²) in [5, 5.41) is 5.01. The van der Waals surface area contributed by atoms with Crippen LogP contribution in [0.1, 0.15) is 52.4 Å². The maximum absolute atomic E-state index is 13.4. The Balaban J connectivity index is 2.37. The smallest absolute Gasteiger partial charge is 0.293 e. The molecule has 0 fully saturated rings. The highest BCUT2D eigenvalue weighted by Gasteiger charge is 2.31. The molecule has 0 radical (unpaired) electrons. The number of benzene rings is 1. The molecule has 158 valence electrons. The zero-order valence-electron chi connectivity index (χ0n) is 17.4. The van der Waals surface area contributed by atoms with Gasteiger partial charge in [0.2, 0.25) is 0 Å². The van der Waals surface area contributed by atoms with Crippen LogP contribution in [-0.4, -0.2) is 27.7 Å². The first-order valence-corrected chi connectivity index (χ1v) is 9.22. The largest absolute Gasteiger partial charge is 0.343 e. The normalized spacial score (nSPS) is 12.6. The van der Waals surface area contributed by atoms with E-state index in [2.05, 4.69) is 16.6 Å². The molecule has 1 unspecified atom stereocenters. The zero-order chi connectivity index (χ0) is 22.8. The van der Waals surface area contributed by atoms with Crippen molar-refractivity contribution in [2.24, 2.45) is 7.05 Å². The number of Topliss-reactive ketones (excluding diaryl/α,β-unsaturated/α-hetero) is 1. The van der Waals surface area contributed by atoms with Gasteiger partial charge in [0.1, 0.15) is 5.69 Å². The Labute approximate surface area is 173 Å². The molecule has 0 aliphatic rings. The molecule has 2 N–H and O–H groups in total. The van der Waals surface area contributed by atoms with E-state index in [-0.39, 0.29) is 22.5 Å². The summed E-state index contributed by atoms with van der Waals surface area (Å²) in [4.78, 5) is 38.0. The minimum absolute atomic E-state index is 0.0514. The molecular weight excluding hydrogens is 392 g/mol. The van der Waals surface area contributed by atoms with Gasteiger partial charge >= 0.3 is 0 Å². The topological polar surface area (TPSA) is 80.2 Å². The molecule has 0 spiro atoms. The Morgan fingerprint density at radius 3 is 2.37 bits per heavy atom. The summed E-state index contributed by atoms with van der Waals surface area (Å²) in [5.41, 5.74) is -0.0351. The first-order chi connectivity index (χ1) is 14.0. The molecule has 30 heavy (non-hydrogen) atoms. The van der Waals surface area contributed by atoms with E-state index in [0.29, 0.717) is 12.1 Å². The van der Waals surface area contributed by atoms with Gasteiger partial charge in [0.05, 0.1) is 11.1 Å². The molecule has 1 aromatic heterocycles. The van der Waals surface area contributed by atoms with Crippen LogP contribution in [0.3, 0.4) is 0 Å². The van der Waals surface area contributed by atoms with Crippen molar-refractivity contribution in [2.45, 2.75) is 39.7 Å². The lowest BCUT2D eigenvalue weighted by molar-refractivity contribution is -0.118. The van der Waals surface area contributed by atoms with Crippen molar-refractivity contribution in [2.75, 3.05) is 5.32 Å². The molecule has 6 nitrogen and oxygen atoms in total. The lowest BCUT2D eigenvalue weighted by atomic mass is 9.98. The molecule has 0 bridgehead atoms. The summed E-state index contributed by atoms with van der Waals surface area (Å²) in [5.74, 6) is -2.01. The number of nitrogens with zero attached hydrogens (tertiary/aromatic N) is 1. The van der Waals surface area contributed by atoms with Crippen molar-refractivity contribution >= 4 is 23.3 Å². The minimum Gasteiger partial charge on any atom is -0.343 e. The number of terminal acetylenes is 1. The van der Waals surface area contributed by atoms with Crippen LogP contribution in [0.4, 0.5) is 14.5 Å². The third-order valence-corrected chi connectivity index (χ3v) is 5.17. The number of hydrogen-bond donors (Lipinski definition) is 2. The van der Waals surface area contributed by atoms with Gasteiger partial charge in [-0.2, -0.15) is 0 Å². The summed E-state index contributed by atoms with van der Waals surface area (Å²) in [6.07, 6.45) is 5.87. The summed E-state index contributed by atoms with van der Waals surface area (Å²) in [7, 11) is 1.56. The van der Waals surface area contributed by atoms with Crippen LogP contribution in [0, 0.1) is 37.8 Å². The highest BCUT2D eigenvalue weighted by Crippen LogP contribution is 2.24. The van der Waals surface area contributed by atoms with Crippen molar-refractivity contribution in [1.82, 2.24) is 9.88 Å². The Morgan fingerprint density at radius 2 is 1.83 bits per heavy atom. The van der Waals surface area contributed by atoms with Crippen LogP contribution in [-0.2, 0) is 11.8 Å². The lowest BCUT2D eigenvalue weighted by Gasteiger charge is -2.22. The second-order valence-corrected chi connectivity index (χ2v) is 7.19. The van der Waals surface area contributed by atoms with E-state index in [0.717, 1.165) is 12.1 Å². The standard InChI is InChI=1S/C22H23F2N3O3/c1-7-22(5,8-2)26-21(30)19(28)17-12(3)18(27(6)13(17)4)20(29)25-14-9-10-15(23)16(24)11-14/h1,9-11H,8H2,2-6H3,(H,25,29)(H,26,30). The number of rotatable bonds is 6. The van der Waals surface area contributed by atoms with Crippen molar-refractivity contribution in [3.8, 4) is 12.3 Å². The molecule has 0 saturated heterocycles. The van der Waals surface area contributed by atoms with Crippen molar-refractivity contribution < 1.29 is 23.2 Å². The number of ketones is 1. The van der Waals surface area contributed by atoms with Crippen LogP contribution in [0.15, 0.2) is 18.2 Å². The molecule has 2 rings (SSSR count). The van der Waals surface area contributed by atoms with Crippen LogP contribution in [0.2, 0.25) is 0 Å². The van der Waals surface area contributed by atoms with E-state index in [4.69, 9.17) is 6.42 Å². The van der Waals surface area contributed by atoms with Gasteiger partial charge in [-0.3, -0.25) is 14.4 Å². The van der Waals surface area contributed by atoms with Gasteiger partial charge in [-0.05, 0) is 44.9 Å². The quantitative estimate of drug-likeness (QED) is 0.432. The highest BCUT2D eigenvalue weighted by atomic mass is 19.2. The van der Waals surface area contributed by atoms with Gasteiger partial charge in [0, 0.05) is 24.5 Å². The van der Waals surface area contributed by atoms with Gasteiger partial charge in [-0.15, -0.1) is 6.42 Å². The van der Waals surface area contributed by atoms with Gasteiger partial charge in [0.25, 0.3) is 17.6 Å². The molecule has 1 aromatic carbocycles. The second kappa shape index (κ2) is 8.49. The zero-order valence-corrected chi connectivity index (χ0v) is 17.4. The monoisotopic (exact) mass is 415 g/mol. The molecule has 8 heteroatoms. The summed E-state index contributed by atoms with van der Waals surface area (Å²) in [6, 6.07) is 2.96. The van der Waals surface area contributed by atoms with Crippen molar-refractivity contribution in [1.29, 1.82) is 0 Å². The van der Waals surface area contributed by atoms with Crippen LogP contribution < -0.4 is 10.6 Å². The molecule has 2 aromatic rings. The fraction of sp³-hybridized carbons (Fsp3) is 0.318. The summed E-state index contributed by atoms with van der Waals surface area (Å²) in [6.45, 7) is 6.55. The fourth-order valence-corrected chi connectivity index (χ4v) is 3.05. The minimum atomic E-state index is -1.10. The number of aromatic nitrogens is 1. The van der Waals surface area contributed by atoms with Crippen LogP contribution in [0.25, 0.3) is 0 Å². The van der Waals surface area contributed by atoms with E-state index in [1.807, 2.05) is 0 Å². The fourth-order valence-electron chi connectivity index (χ4n) is 3.05. The van der Waals surface area contributed by atoms with E-state index < -0.39 is 34.8 Å². The van der Waals surface area contributed by atoms with Crippen LogP contribution in [0.5, 0.6) is 0 Å². The number of anilines is 1. The molecule has 0 aliphatic heterocycles.